The first kappa shape index (κ1) is 18.8. The molecule has 0 spiro atoms. The molecule has 0 aromatic heterocycles. The highest BCUT2D eigenvalue weighted by Crippen LogP contribution is 2.16. The molecule has 1 fully saturated rings. The van der Waals surface area contributed by atoms with E-state index in [1.54, 1.807) is 18.3 Å². The fourth-order valence-electron chi connectivity index (χ4n) is 2.95. The number of piperazine rings is 1. The normalized spacial score (nSPS) is 14.6. The Labute approximate surface area is 164 Å². The minimum Gasteiger partial charge on any atom is -0.373 e. The van der Waals surface area contributed by atoms with Crippen molar-refractivity contribution in [2.45, 2.75) is 6.54 Å². The molecular weight excluding hydrogens is 360 g/mol. The molecule has 6 heteroatoms. The summed E-state index contributed by atoms with van der Waals surface area (Å²) in [6.45, 7) is 3.60. The van der Waals surface area contributed by atoms with Crippen LogP contribution in [-0.2, 0) is 11.3 Å². The van der Waals surface area contributed by atoms with Gasteiger partial charge in [-0.15, -0.1) is 0 Å². The lowest BCUT2D eigenvalue weighted by Gasteiger charge is -2.35. The Balaban J connectivity index is 1.54. The molecule has 1 amide bonds. The number of carbonyl (C=O) groups excluding carboxylic acids is 1. The van der Waals surface area contributed by atoms with Gasteiger partial charge in [-0.25, -0.2) is 0 Å². The fraction of sp³-hybridized carbons (Fsp3) is 0.238. The number of anilines is 1. The maximum atomic E-state index is 12.3. The molecule has 5 nitrogen and oxygen atoms in total. The molecule has 138 valence electrons. The Morgan fingerprint density at radius 2 is 1.74 bits per heavy atom. The molecule has 0 saturated carbocycles. The van der Waals surface area contributed by atoms with Crippen LogP contribution in [0.3, 0.4) is 0 Å². The van der Waals surface area contributed by atoms with Gasteiger partial charge in [0.2, 0.25) is 0 Å². The number of hydrogen-bond acceptors (Lipinski definition) is 4. The van der Waals surface area contributed by atoms with Gasteiger partial charge in [0.25, 0.3) is 5.91 Å². The second kappa shape index (κ2) is 9.11. The van der Waals surface area contributed by atoms with Crippen molar-refractivity contribution in [1.29, 1.82) is 5.26 Å². The predicted octanol–water partition coefficient (Wildman–Crippen LogP) is 3.19. The lowest BCUT2D eigenvalue weighted by molar-refractivity contribution is -0.117. The lowest BCUT2D eigenvalue weighted by atomic mass is 10.2. The summed E-state index contributed by atoms with van der Waals surface area (Å²) in [6.07, 6.45) is 1.67. The lowest BCUT2D eigenvalue weighted by Crippen LogP contribution is -2.44. The number of benzene rings is 2. The predicted molar refractivity (Wildman–Crippen MR) is 107 cm³/mol. The van der Waals surface area contributed by atoms with E-state index < -0.39 is 0 Å². The van der Waals surface area contributed by atoms with Crippen molar-refractivity contribution in [3.8, 4) is 6.07 Å². The zero-order chi connectivity index (χ0) is 19.1. The Hall–Kier alpha value is -2.97. The zero-order valence-corrected chi connectivity index (χ0v) is 15.7. The van der Waals surface area contributed by atoms with Crippen LogP contribution in [0.15, 0.2) is 66.4 Å². The molecule has 0 radical (unpaired) electrons. The average molecular weight is 381 g/mol. The first-order valence-corrected chi connectivity index (χ1v) is 9.22. The zero-order valence-electron chi connectivity index (χ0n) is 14.9. The number of para-hydroxylation sites is 1. The maximum Gasteiger partial charge on any atom is 0.263 e. The summed E-state index contributed by atoms with van der Waals surface area (Å²) in [5, 5.41) is 12.8. The van der Waals surface area contributed by atoms with Crippen LogP contribution in [0.5, 0.6) is 0 Å². The Morgan fingerprint density at radius 1 is 1.07 bits per heavy atom. The number of nitriles is 1. The van der Waals surface area contributed by atoms with E-state index >= 15 is 0 Å². The largest absolute Gasteiger partial charge is 0.373 e. The van der Waals surface area contributed by atoms with Crippen LogP contribution in [0.25, 0.3) is 0 Å². The molecule has 1 aliphatic heterocycles. The van der Waals surface area contributed by atoms with Crippen molar-refractivity contribution in [1.82, 2.24) is 10.2 Å². The Morgan fingerprint density at radius 3 is 2.37 bits per heavy atom. The Kier molecular flexibility index (Phi) is 6.35. The molecule has 2 aromatic carbocycles. The maximum absolute atomic E-state index is 12.3. The van der Waals surface area contributed by atoms with Crippen molar-refractivity contribution in [2.75, 3.05) is 31.1 Å². The molecule has 1 saturated heterocycles. The molecule has 0 bridgehead atoms. The molecule has 2 aromatic rings. The number of nitrogens with one attached hydrogen (secondary N) is 1. The second-order valence-corrected chi connectivity index (χ2v) is 6.76. The van der Waals surface area contributed by atoms with E-state index in [4.69, 9.17) is 11.6 Å². The van der Waals surface area contributed by atoms with Crippen LogP contribution in [0.1, 0.15) is 5.56 Å². The number of carbonyl (C=O) groups is 1. The molecule has 0 aliphatic carbocycles. The Bertz CT molecular complexity index is 835. The van der Waals surface area contributed by atoms with Gasteiger partial charge >= 0.3 is 0 Å². The third kappa shape index (κ3) is 5.25. The molecule has 0 atom stereocenters. The molecule has 0 unspecified atom stereocenters. The van der Waals surface area contributed by atoms with Crippen LogP contribution in [0.2, 0.25) is 5.02 Å². The number of nitrogens with zero attached hydrogens (tertiary/aromatic N) is 3. The summed E-state index contributed by atoms with van der Waals surface area (Å²) >= 11 is 5.86. The molecule has 27 heavy (non-hydrogen) atoms. The highest BCUT2D eigenvalue weighted by atomic mass is 35.5. The van der Waals surface area contributed by atoms with Gasteiger partial charge in [-0.2, -0.15) is 5.26 Å². The average Bonchev–Trinajstić information content (AvgIpc) is 2.72. The SMILES string of the molecule is N#C/C(=C/N1CCN(c2ccccc2)CC1)C(=O)NCc1ccc(Cl)cc1. The number of halogens is 1. The van der Waals surface area contributed by atoms with Crippen LogP contribution in [0.4, 0.5) is 5.69 Å². The quantitative estimate of drug-likeness (QED) is 0.639. The van der Waals surface area contributed by atoms with E-state index in [0.29, 0.717) is 11.6 Å². The van der Waals surface area contributed by atoms with Crippen LogP contribution in [-0.4, -0.2) is 37.0 Å². The van der Waals surface area contributed by atoms with Crippen molar-refractivity contribution >= 4 is 23.2 Å². The third-order valence-corrected chi connectivity index (χ3v) is 4.73. The van der Waals surface area contributed by atoms with Crippen LogP contribution in [0, 0.1) is 11.3 Å². The summed E-state index contributed by atoms with van der Waals surface area (Å²) in [7, 11) is 0. The van der Waals surface area contributed by atoms with Crippen LogP contribution >= 0.6 is 11.6 Å². The highest BCUT2D eigenvalue weighted by molar-refractivity contribution is 6.30. The monoisotopic (exact) mass is 380 g/mol. The number of rotatable bonds is 5. The van der Waals surface area contributed by atoms with Gasteiger partial charge in [0.05, 0.1) is 0 Å². The van der Waals surface area contributed by atoms with Gasteiger partial charge in [-0.1, -0.05) is 41.9 Å². The second-order valence-electron chi connectivity index (χ2n) is 6.32. The van der Waals surface area contributed by atoms with Gasteiger partial charge < -0.3 is 15.1 Å². The van der Waals surface area contributed by atoms with Gasteiger partial charge in [0.15, 0.2) is 0 Å². The van der Waals surface area contributed by atoms with Gasteiger partial charge in [-0.3, -0.25) is 4.79 Å². The third-order valence-electron chi connectivity index (χ3n) is 4.48. The smallest absolute Gasteiger partial charge is 0.263 e. The van der Waals surface area contributed by atoms with Crippen molar-refractivity contribution in [3.63, 3.8) is 0 Å². The van der Waals surface area contributed by atoms with Crippen molar-refractivity contribution < 1.29 is 4.79 Å². The highest BCUT2D eigenvalue weighted by Gasteiger charge is 2.17. The fourth-order valence-corrected chi connectivity index (χ4v) is 3.07. The molecule has 1 aliphatic rings. The van der Waals surface area contributed by atoms with E-state index in [2.05, 4.69) is 22.3 Å². The topological polar surface area (TPSA) is 59.4 Å². The van der Waals surface area contributed by atoms with E-state index in [1.807, 2.05) is 41.3 Å². The molecule has 1 N–H and O–H groups in total. The van der Waals surface area contributed by atoms with E-state index in [1.165, 1.54) is 5.69 Å². The summed E-state index contributed by atoms with van der Waals surface area (Å²) < 4.78 is 0. The summed E-state index contributed by atoms with van der Waals surface area (Å²) in [4.78, 5) is 16.6. The number of amides is 1. The molecule has 1 heterocycles. The molecule has 3 rings (SSSR count). The van der Waals surface area contributed by atoms with E-state index in [9.17, 15) is 10.1 Å². The molecular formula is C21H21ClN4O. The van der Waals surface area contributed by atoms with Crippen molar-refractivity contribution in [3.05, 3.63) is 77.0 Å². The summed E-state index contributed by atoms with van der Waals surface area (Å²) in [5.74, 6) is -0.363. The standard InChI is InChI=1S/C21H21ClN4O/c22-19-8-6-17(7-9-19)15-24-21(27)18(14-23)16-25-10-12-26(13-11-25)20-4-2-1-3-5-20/h1-9,16H,10-13,15H2,(H,24,27)/b18-16-. The minimum atomic E-state index is -0.363. The van der Waals surface area contributed by atoms with Crippen LogP contribution < -0.4 is 10.2 Å². The van der Waals surface area contributed by atoms with E-state index in [0.717, 1.165) is 31.7 Å². The summed E-state index contributed by atoms with van der Waals surface area (Å²) in [5.41, 5.74) is 2.25. The van der Waals surface area contributed by atoms with Gasteiger partial charge in [0, 0.05) is 49.6 Å². The van der Waals surface area contributed by atoms with Gasteiger partial charge in [0.1, 0.15) is 11.6 Å². The van der Waals surface area contributed by atoms with Crippen molar-refractivity contribution in [2.24, 2.45) is 0 Å². The number of hydrogen-bond donors (Lipinski definition) is 1. The summed E-state index contributed by atoms with van der Waals surface area (Å²) in [6, 6.07) is 19.5. The minimum absolute atomic E-state index is 0.122. The first-order valence-electron chi connectivity index (χ1n) is 8.84. The van der Waals surface area contributed by atoms with Gasteiger partial charge in [-0.05, 0) is 29.8 Å². The first-order chi connectivity index (χ1) is 13.2. The van der Waals surface area contributed by atoms with E-state index in [-0.39, 0.29) is 11.5 Å².